The Kier molecular flexibility index (Phi) is 4.15. The zero-order valence-corrected chi connectivity index (χ0v) is 15.1. The number of hydrogen-bond acceptors (Lipinski definition) is 3. The molecule has 4 aromatic rings. The maximum atomic E-state index is 5.89. The molecule has 0 atom stereocenters. The van der Waals surface area contributed by atoms with Gasteiger partial charge in [0.1, 0.15) is 23.1 Å². The Hall–Kier alpha value is -2.79. The van der Waals surface area contributed by atoms with E-state index < -0.39 is 0 Å². The minimum atomic E-state index is 0.719. The monoisotopic (exact) mass is 394 g/mol. The topological polar surface area (TPSA) is 47.1 Å². The Morgan fingerprint density at radius 3 is 2.44 bits per heavy atom. The molecule has 0 unspecified atom stereocenters. The summed E-state index contributed by atoms with van der Waals surface area (Å²) in [7, 11) is 1.63. The number of para-hydroxylation sites is 2. The van der Waals surface area contributed by atoms with E-state index in [0.717, 1.165) is 44.1 Å². The Bertz CT molecular complexity index is 992. The van der Waals surface area contributed by atoms with Crippen molar-refractivity contribution in [3.8, 4) is 28.6 Å². The number of imidazole rings is 1. The van der Waals surface area contributed by atoms with Crippen LogP contribution in [-0.4, -0.2) is 17.1 Å². The molecule has 124 valence electrons. The van der Waals surface area contributed by atoms with E-state index in [1.807, 2.05) is 66.7 Å². The summed E-state index contributed by atoms with van der Waals surface area (Å²) < 4.78 is 12.1. The number of hydrogen-bond donors (Lipinski definition) is 1. The molecular weight excluding hydrogens is 380 g/mol. The second-order valence-electron chi connectivity index (χ2n) is 5.53. The number of aromatic amines is 1. The molecular formula is C20H15BrN2O2. The van der Waals surface area contributed by atoms with Gasteiger partial charge in [-0.05, 0) is 64.5 Å². The zero-order valence-electron chi connectivity index (χ0n) is 13.5. The molecule has 0 bridgehead atoms. The van der Waals surface area contributed by atoms with E-state index in [4.69, 9.17) is 9.47 Å². The third-order valence-electron chi connectivity index (χ3n) is 3.88. The van der Waals surface area contributed by atoms with Crippen molar-refractivity contribution >= 4 is 27.0 Å². The summed E-state index contributed by atoms with van der Waals surface area (Å²) in [6, 6.07) is 21.5. The van der Waals surface area contributed by atoms with Gasteiger partial charge in [0.25, 0.3) is 0 Å². The van der Waals surface area contributed by atoms with Crippen LogP contribution in [0.5, 0.6) is 17.2 Å². The Morgan fingerprint density at radius 1 is 0.920 bits per heavy atom. The number of H-pyrrole nitrogens is 1. The van der Waals surface area contributed by atoms with Crippen molar-refractivity contribution < 1.29 is 9.47 Å². The molecule has 3 aromatic carbocycles. The average molecular weight is 395 g/mol. The molecule has 0 aliphatic rings. The zero-order chi connectivity index (χ0) is 17.2. The normalized spacial score (nSPS) is 10.8. The molecule has 1 N–H and O–H groups in total. The van der Waals surface area contributed by atoms with E-state index >= 15 is 0 Å². The number of fused-ring (bicyclic) bond motifs is 1. The van der Waals surface area contributed by atoms with Crippen LogP contribution in [0.2, 0.25) is 0 Å². The first-order chi connectivity index (χ1) is 12.2. The SMILES string of the molecule is COc1cc(Oc2ccc(-c3nc4ccccc4[nH]3)cc2)ccc1Br. The summed E-state index contributed by atoms with van der Waals surface area (Å²) in [4.78, 5) is 7.94. The highest BCUT2D eigenvalue weighted by atomic mass is 79.9. The number of ether oxygens (including phenoxy) is 2. The third-order valence-corrected chi connectivity index (χ3v) is 4.53. The van der Waals surface area contributed by atoms with Gasteiger partial charge in [-0.25, -0.2) is 4.98 Å². The van der Waals surface area contributed by atoms with Gasteiger partial charge in [0, 0.05) is 11.6 Å². The first-order valence-electron chi connectivity index (χ1n) is 7.79. The minimum absolute atomic E-state index is 0.719. The minimum Gasteiger partial charge on any atom is -0.495 e. The maximum Gasteiger partial charge on any atom is 0.138 e. The first-order valence-corrected chi connectivity index (χ1v) is 8.59. The predicted molar refractivity (Wildman–Crippen MR) is 102 cm³/mol. The van der Waals surface area contributed by atoms with Gasteiger partial charge in [0.05, 0.1) is 22.6 Å². The lowest BCUT2D eigenvalue weighted by molar-refractivity contribution is 0.406. The molecule has 4 rings (SSSR count). The van der Waals surface area contributed by atoms with Crippen LogP contribution >= 0.6 is 15.9 Å². The van der Waals surface area contributed by atoms with Gasteiger partial charge in [0.2, 0.25) is 0 Å². The number of benzene rings is 3. The van der Waals surface area contributed by atoms with E-state index in [0.29, 0.717) is 0 Å². The molecule has 4 nitrogen and oxygen atoms in total. The molecule has 0 saturated carbocycles. The van der Waals surface area contributed by atoms with Gasteiger partial charge in [-0.3, -0.25) is 0 Å². The Morgan fingerprint density at radius 2 is 1.68 bits per heavy atom. The van der Waals surface area contributed by atoms with Crippen LogP contribution in [0.1, 0.15) is 0 Å². The molecule has 0 aliphatic heterocycles. The van der Waals surface area contributed by atoms with Crippen molar-refractivity contribution in [3.63, 3.8) is 0 Å². The largest absolute Gasteiger partial charge is 0.495 e. The summed E-state index contributed by atoms with van der Waals surface area (Å²) in [6.07, 6.45) is 0. The lowest BCUT2D eigenvalue weighted by Crippen LogP contribution is -1.88. The molecule has 1 heterocycles. The highest BCUT2D eigenvalue weighted by Crippen LogP contribution is 2.32. The highest BCUT2D eigenvalue weighted by Gasteiger charge is 2.07. The van der Waals surface area contributed by atoms with Crippen molar-refractivity contribution in [2.45, 2.75) is 0 Å². The van der Waals surface area contributed by atoms with Gasteiger partial charge in [-0.1, -0.05) is 12.1 Å². The summed E-state index contributed by atoms with van der Waals surface area (Å²) in [5.41, 5.74) is 3.00. The molecule has 0 spiro atoms. The van der Waals surface area contributed by atoms with Crippen LogP contribution < -0.4 is 9.47 Å². The Balaban J connectivity index is 1.57. The van der Waals surface area contributed by atoms with Gasteiger partial charge in [0.15, 0.2) is 0 Å². The summed E-state index contributed by atoms with van der Waals surface area (Å²) in [5.74, 6) is 3.05. The second kappa shape index (κ2) is 6.61. The van der Waals surface area contributed by atoms with Crippen LogP contribution in [0.3, 0.4) is 0 Å². The smallest absolute Gasteiger partial charge is 0.138 e. The van der Waals surface area contributed by atoms with E-state index in [2.05, 4.69) is 25.9 Å². The van der Waals surface area contributed by atoms with Crippen molar-refractivity contribution in [2.75, 3.05) is 7.11 Å². The van der Waals surface area contributed by atoms with Gasteiger partial charge in [-0.2, -0.15) is 0 Å². The maximum absolute atomic E-state index is 5.89. The molecule has 0 radical (unpaired) electrons. The van der Waals surface area contributed by atoms with Gasteiger partial charge < -0.3 is 14.5 Å². The van der Waals surface area contributed by atoms with Crippen LogP contribution in [0, 0.1) is 0 Å². The van der Waals surface area contributed by atoms with Crippen molar-refractivity contribution in [2.24, 2.45) is 0 Å². The number of aromatic nitrogens is 2. The lowest BCUT2D eigenvalue weighted by atomic mass is 10.2. The molecule has 5 heteroatoms. The first kappa shape index (κ1) is 15.7. The van der Waals surface area contributed by atoms with Crippen molar-refractivity contribution in [1.29, 1.82) is 0 Å². The van der Waals surface area contributed by atoms with Crippen LogP contribution in [-0.2, 0) is 0 Å². The molecule has 0 fully saturated rings. The van der Waals surface area contributed by atoms with Crippen LogP contribution in [0.25, 0.3) is 22.4 Å². The quantitative estimate of drug-likeness (QED) is 0.476. The number of nitrogens with one attached hydrogen (secondary N) is 1. The molecule has 0 aliphatic carbocycles. The fourth-order valence-electron chi connectivity index (χ4n) is 2.61. The number of methoxy groups -OCH3 is 1. The van der Waals surface area contributed by atoms with Gasteiger partial charge >= 0.3 is 0 Å². The summed E-state index contributed by atoms with van der Waals surface area (Å²) in [6.45, 7) is 0. The van der Waals surface area contributed by atoms with Crippen molar-refractivity contribution in [1.82, 2.24) is 9.97 Å². The predicted octanol–water partition coefficient (Wildman–Crippen LogP) is 5.79. The fourth-order valence-corrected chi connectivity index (χ4v) is 3.02. The molecule has 25 heavy (non-hydrogen) atoms. The van der Waals surface area contributed by atoms with Crippen molar-refractivity contribution in [3.05, 3.63) is 71.2 Å². The van der Waals surface area contributed by atoms with Crippen LogP contribution in [0.4, 0.5) is 0 Å². The highest BCUT2D eigenvalue weighted by molar-refractivity contribution is 9.10. The second-order valence-corrected chi connectivity index (χ2v) is 6.38. The lowest BCUT2D eigenvalue weighted by Gasteiger charge is -2.09. The molecule has 0 amide bonds. The molecule has 0 saturated heterocycles. The summed E-state index contributed by atoms with van der Waals surface area (Å²) in [5, 5.41) is 0. The number of nitrogens with zero attached hydrogens (tertiary/aromatic N) is 1. The van der Waals surface area contributed by atoms with E-state index in [9.17, 15) is 0 Å². The molecule has 1 aromatic heterocycles. The Labute approximate surface area is 153 Å². The fraction of sp³-hybridized carbons (Fsp3) is 0.0500. The van der Waals surface area contributed by atoms with E-state index in [-0.39, 0.29) is 0 Å². The van der Waals surface area contributed by atoms with Crippen LogP contribution in [0.15, 0.2) is 71.2 Å². The van der Waals surface area contributed by atoms with Gasteiger partial charge in [-0.15, -0.1) is 0 Å². The standard InChI is InChI=1S/C20H15BrN2O2/c1-24-19-12-15(10-11-16(19)21)25-14-8-6-13(7-9-14)20-22-17-4-2-3-5-18(17)23-20/h2-12H,1H3,(H,22,23). The number of rotatable bonds is 4. The summed E-state index contributed by atoms with van der Waals surface area (Å²) >= 11 is 3.43. The average Bonchev–Trinajstić information content (AvgIpc) is 3.08. The number of halogens is 1. The van der Waals surface area contributed by atoms with E-state index in [1.165, 1.54) is 0 Å². The van der Waals surface area contributed by atoms with E-state index in [1.54, 1.807) is 7.11 Å². The third kappa shape index (κ3) is 3.23.